The van der Waals surface area contributed by atoms with Gasteiger partial charge < -0.3 is 0 Å². The Balaban J connectivity index is 1.84. The summed E-state index contributed by atoms with van der Waals surface area (Å²) < 4.78 is 0. The van der Waals surface area contributed by atoms with E-state index in [2.05, 4.69) is 22.0 Å². The molecule has 0 aromatic carbocycles. The molecule has 1 fully saturated rings. The first-order valence-corrected chi connectivity index (χ1v) is 5.36. The summed E-state index contributed by atoms with van der Waals surface area (Å²) in [4.78, 5) is 2.38. The molecule has 1 saturated heterocycles. The van der Waals surface area contributed by atoms with E-state index in [0.717, 1.165) is 18.2 Å². The van der Waals surface area contributed by atoms with Crippen LogP contribution in [0.5, 0.6) is 0 Å². The highest BCUT2D eigenvalue weighted by atomic mass is 35.5. The number of hydrogen-bond donors (Lipinski definition) is 0. The molecule has 0 unspecified atom stereocenters. The lowest BCUT2D eigenvalue weighted by Crippen LogP contribution is -2.45. The number of hydrogen-bond acceptors (Lipinski definition) is 3. The Morgan fingerprint density at radius 3 is 2.79 bits per heavy atom. The Labute approximate surface area is 89.1 Å². The van der Waals surface area contributed by atoms with Crippen LogP contribution in [0.1, 0.15) is 19.0 Å². The second-order valence-electron chi connectivity index (χ2n) is 3.82. The molecule has 0 saturated carbocycles. The van der Waals surface area contributed by atoms with Crippen LogP contribution < -0.4 is 0 Å². The summed E-state index contributed by atoms with van der Waals surface area (Å²) >= 11 is 5.65. The van der Waals surface area contributed by atoms with Gasteiger partial charge in [-0.2, -0.15) is 5.10 Å². The second-order valence-corrected chi connectivity index (χ2v) is 4.20. The van der Waals surface area contributed by atoms with Crippen molar-refractivity contribution in [3.05, 3.63) is 23.0 Å². The van der Waals surface area contributed by atoms with E-state index in [1.807, 2.05) is 6.07 Å². The van der Waals surface area contributed by atoms with Crippen LogP contribution >= 0.6 is 11.6 Å². The molecule has 4 heteroatoms. The molecular formula is C10H14ClN3. The van der Waals surface area contributed by atoms with Gasteiger partial charge in [-0.05, 0) is 18.1 Å². The fraction of sp³-hybridized carbons (Fsp3) is 0.600. The van der Waals surface area contributed by atoms with Gasteiger partial charge in [-0.1, -0.05) is 24.9 Å². The van der Waals surface area contributed by atoms with Crippen LogP contribution in [0.2, 0.25) is 5.15 Å². The molecule has 76 valence electrons. The summed E-state index contributed by atoms with van der Waals surface area (Å²) in [5.74, 6) is 0.884. The summed E-state index contributed by atoms with van der Waals surface area (Å²) in [5, 5.41) is 8.31. The lowest BCUT2D eigenvalue weighted by Gasteiger charge is -2.38. The fourth-order valence-corrected chi connectivity index (χ4v) is 1.82. The molecule has 1 aromatic heterocycles. The molecule has 2 rings (SSSR count). The number of likely N-dealkylation sites (tertiary alicyclic amines) is 1. The third kappa shape index (κ3) is 2.22. The maximum Gasteiger partial charge on any atom is 0.151 e. The molecular weight excluding hydrogens is 198 g/mol. The van der Waals surface area contributed by atoms with Gasteiger partial charge in [-0.3, -0.25) is 4.90 Å². The molecule has 1 aliphatic rings. The molecule has 0 spiro atoms. The van der Waals surface area contributed by atoms with Gasteiger partial charge in [0.2, 0.25) is 0 Å². The maximum atomic E-state index is 5.65. The minimum absolute atomic E-state index is 0.462. The third-order valence-corrected chi connectivity index (χ3v) is 2.88. The first-order valence-electron chi connectivity index (χ1n) is 4.98. The van der Waals surface area contributed by atoms with Crippen LogP contribution in [0.3, 0.4) is 0 Å². The van der Waals surface area contributed by atoms with Gasteiger partial charge in [0.1, 0.15) is 0 Å². The summed E-state index contributed by atoms with van der Waals surface area (Å²) in [7, 11) is 0. The Bertz CT molecular complexity index is 293. The maximum absolute atomic E-state index is 5.65. The van der Waals surface area contributed by atoms with Crippen LogP contribution in [-0.4, -0.2) is 28.2 Å². The van der Waals surface area contributed by atoms with Crippen molar-refractivity contribution in [2.24, 2.45) is 5.92 Å². The van der Waals surface area contributed by atoms with E-state index in [1.165, 1.54) is 19.5 Å². The number of nitrogens with zero attached hydrogens (tertiary/aromatic N) is 3. The van der Waals surface area contributed by atoms with Crippen molar-refractivity contribution in [1.82, 2.24) is 15.1 Å². The Kier molecular flexibility index (Phi) is 2.99. The molecule has 0 bridgehead atoms. The Morgan fingerprint density at radius 1 is 1.43 bits per heavy atom. The van der Waals surface area contributed by atoms with Crippen molar-refractivity contribution in [2.75, 3.05) is 13.1 Å². The van der Waals surface area contributed by atoms with Crippen LogP contribution in [-0.2, 0) is 6.54 Å². The zero-order valence-corrected chi connectivity index (χ0v) is 9.04. The fourth-order valence-electron chi connectivity index (χ4n) is 1.72. The molecule has 2 heterocycles. The van der Waals surface area contributed by atoms with Crippen molar-refractivity contribution >= 4 is 11.6 Å². The smallest absolute Gasteiger partial charge is 0.151 e. The molecule has 0 amide bonds. The van der Waals surface area contributed by atoms with E-state index in [-0.39, 0.29) is 0 Å². The van der Waals surface area contributed by atoms with Gasteiger partial charge in [0.15, 0.2) is 5.15 Å². The standard InChI is InChI=1S/C10H14ClN3/c1-2-8-5-14(6-8)7-9-3-4-10(11)13-12-9/h3-4,8H,2,5-7H2,1H3. The molecule has 0 atom stereocenters. The average molecular weight is 212 g/mol. The highest BCUT2D eigenvalue weighted by molar-refractivity contribution is 6.29. The number of rotatable bonds is 3. The summed E-state index contributed by atoms with van der Waals surface area (Å²) in [6, 6.07) is 3.73. The van der Waals surface area contributed by atoms with E-state index >= 15 is 0 Å². The lowest BCUT2D eigenvalue weighted by atomic mass is 9.97. The zero-order valence-electron chi connectivity index (χ0n) is 8.28. The first kappa shape index (κ1) is 9.87. The van der Waals surface area contributed by atoms with Crippen LogP contribution in [0, 0.1) is 5.92 Å². The van der Waals surface area contributed by atoms with Crippen LogP contribution in [0.15, 0.2) is 12.1 Å². The van der Waals surface area contributed by atoms with E-state index in [4.69, 9.17) is 11.6 Å². The van der Waals surface area contributed by atoms with Crippen molar-refractivity contribution in [3.8, 4) is 0 Å². The molecule has 0 radical (unpaired) electrons. The second kappa shape index (κ2) is 4.24. The molecule has 0 N–H and O–H groups in total. The number of halogens is 1. The van der Waals surface area contributed by atoms with E-state index in [1.54, 1.807) is 6.07 Å². The minimum Gasteiger partial charge on any atom is -0.297 e. The lowest BCUT2D eigenvalue weighted by molar-refractivity contribution is 0.0882. The molecule has 3 nitrogen and oxygen atoms in total. The summed E-state index contributed by atoms with van der Waals surface area (Å²) in [5.41, 5.74) is 1.00. The largest absolute Gasteiger partial charge is 0.297 e. The van der Waals surface area contributed by atoms with E-state index < -0.39 is 0 Å². The highest BCUT2D eigenvalue weighted by Gasteiger charge is 2.24. The van der Waals surface area contributed by atoms with Crippen molar-refractivity contribution < 1.29 is 0 Å². The molecule has 1 aliphatic heterocycles. The predicted molar refractivity (Wildman–Crippen MR) is 56.1 cm³/mol. The predicted octanol–water partition coefficient (Wildman–Crippen LogP) is 1.97. The van der Waals surface area contributed by atoms with Gasteiger partial charge >= 0.3 is 0 Å². The molecule has 0 aliphatic carbocycles. The van der Waals surface area contributed by atoms with Crippen molar-refractivity contribution in [1.29, 1.82) is 0 Å². The van der Waals surface area contributed by atoms with Crippen molar-refractivity contribution in [2.45, 2.75) is 19.9 Å². The summed E-state index contributed by atoms with van der Waals surface area (Å²) in [6.07, 6.45) is 1.28. The Morgan fingerprint density at radius 2 is 2.21 bits per heavy atom. The highest BCUT2D eigenvalue weighted by Crippen LogP contribution is 2.20. The number of aromatic nitrogens is 2. The first-order chi connectivity index (χ1) is 6.78. The van der Waals surface area contributed by atoms with Crippen molar-refractivity contribution in [3.63, 3.8) is 0 Å². The molecule has 14 heavy (non-hydrogen) atoms. The normalized spacial score (nSPS) is 18.1. The topological polar surface area (TPSA) is 29.0 Å². The molecule has 1 aromatic rings. The summed E-state index contributed by atoms with van der Waals surface area (Å²) in [6.45, 7) is 5.53. The minimum atomic E-state index is 0.462. The SMILES string of the molecule is CCC1CN(Cc2ccc(Cl)nn2)C1. The van der Waals surface area contributed by atoms with Gasteiger partial charge in [-0.25, -0.2) is 0 Å². The van der Waals surface area contributed by atoms with E-state index in [0.29, 0.717) is 5.15 Å². The van der Waals surface area contributed by atoms with Gasteiger partial charge in [0.05, 0.1) is 5.69 Å². The van der Waals surface area contributed by atoms with Gasteiger partial charge in [0, 0.05) is 19.6 Å². The van der Waals surface area contributed by atoms with Crippen LogP contribution in [0.25, 0.3) is 0 Å². The van der Waals surface area contributed by atoms with E-state index in [9.17, 15) is 0 Å². The average Bonchev–Trinajstić information content (AvgIpc) is 2.13. The van der Waals surface area contributed by atoms with Gasteiger partial charge in [-0.15, -0.1) is 5.10 Å². The Hall–Kier alpha value is -0.670. The quantitative estimate of drug-likeness (QED) is 0.766. The van der Waals surface area contributed by atoms with Crippen LogP contribution in [0.4, 0.5) is 0 Å². The zero-order chi connectivity index (χ0) is 9.97. The third-order valence-electron chi connectivity index (χ3n) is 2.68. The monoisotopic (exact) mass is 211 g/mol. The van der Waals surface area contributed by atoms with Gasteiger partial charge in [0.25, 0.3) is 0 Å².